The van der Waals surface area contributed by atoms with Crippen molar-refractivity contribution >= 4 is 154 Å². The van der Waals surface area contributed by atoms with Crippen LogP contribution in [0, 0.1) is 0 Å². The highest BCUT2D eigenvalue weighted by atomic mass is 16.3. The molecule has 84 heavy (non-hydrogen) atoms. The predicted molar refractivity (Wildman–Crippen MR) is 348 cm³/mol. The fraction of sp³-hybridized carbons (Fsp3) is 0. The maximum atomic E-state index is 6.81. The first-order valence-corrected chi connectivity index (χ1v) is 28.5. The van der Waals surface area contributed by atoms with Crippen molar-refractivity contribution < 1.29 is 17.7 Å². The molecular formula is C78H46N2O4. The van der Waals surface area contributed by atoms with Crippen LogP contribution in [-0.4, -0.2) is 0 Å². The highest BCUT2D eigenvalue weighted by Crippen LogP contribution is 2.47. The van der Waals surface area contributed by atoms with E-state index >= 15 is 0 Å². The molecule has 0 amide bonds. The number of benzene rings is 14. The molecule has 392 valence electrons. The smallest absolute Gasteiger partial charge is 0.143 e. The zero-order valence-corrected chi connectivity index (χ0v) is 45.1. The number of rotatable bonds is 8. The molecule has 0 aliphatic rings. The van der Waals surface area contributed by atoms with Crippen LogP contribution in [0.25, 0.3) is 142 Å². The van der Waals surface area contributed by atoms with Gasteiger partial charge in [-0.1, -0.05) is 158 Å². The highest BCUT2D eigenvalue weighted by Gasteiger charge is 2.23. The molecule has 4 aromatic heterocycles. The summed E-state index contributed by atoms with van der Waals surface area (Å²) in [5.41, 5.74) is 17.3. The van der Waals surface area contributed by atoms with E-state index in [9.17, 15) is 0 Å². The Balaban J connectivity index is 0.696. The van der Waals surface area contributed by atoms with Gasteiger partial charge in [-0.15, -0.1) is 0 Å². The number of furan rings is 4. The van der Waals surface area contributed by atoms with Crippen molar-refractivity contribution in [3.63, 3.8) is 0 Å². The Morgan fingerprint density at radius 2 is 0.548 bits per heavy atom. The fourth-order valence-corrected chi connectivity index (χ4v) is 13.4. The Labute approximate surface area is 480 Å². The van der Waals surface area contributed by atoms with Gasteiger partial charge in [0.25, 0.3) is 0 Å². The molecule has 0 aliphatic carbocycles. The number of anilines is 6. The van der Waals surface area contributed by atoms with Gasteiger partial charge >= 0.3 is 0 Å². The van der Waals surface area contributed by atoms with Gasteiger partial charge < -0.3 is 27.5 Å². The highest BCUT2D eigenvalue weighted by molar-refractivity contribution is 6.28. The SMILES string of the molecule is c1ccc(N(c2ccc(-c3cccc4c3oc3ccc5ccccc5c34)cc2)c2ccc3c(c2)oc2ccc4c(ccc5oc6cc(N(c7ccccc7)c7ccc(-c8cccc9c8oc8ccc%10ccccc%10c89)cc7)ccc6c54)c23)cc1. The van der Waals surface area contributed by atoms with Crippen molar-refractivity contribution in [2.24, 2.45) is 0 Å². The Bertz CT molecular complexity index is 5320. The van der Waals surface area contributed by atoms with Gasteiger partial charge in [0.05, 0.1) is 0 Å². The van der Waals surface area contributed by atoms with Gasteiger partial charge in [0.2, 0.25) is 0 Å². The van der Waals surface area contributed by atoms with Crippen LogP contribution in [-0.2, 0) is 0 Å². The lowest BCUT2D eigenvalue weighted by molar-refractivity contribution is 0.668. The van der Waals surface area contributed by atoms with E-state index in [2.05, 4.69) is 289 Å². The third-order valence-electron chi connectivity index (χ3n) is 17.2. The summed E-state index contributed by atoms with van der Waals surface area (Å²) in [5, 5.41) is 15.8. The molecule has 14 aromatic carbocycles. The van der Waals surface area contributed by atoms with E-state index in [1.54, 1.807) is 0 Å². The van der Waals surface area contributed by atoms with Gasteiger partial charge in [-0.25, -0.2) is 0 Å². The van der Waals surface area contributed by atoms with Crippen molar-refractivity contribution in [1.29, 1.82) is 0 Å². The van der Waals surface area contributed by atoms with Crippen molar-refractivity contribution in [2.75, 3.05) is 9.80 Å². The summed E-state index contributed by atoms with van der Waals surface area (Å²) in [6.45, 7) is 0. The number of hydrogen-bond donors (Lipinski definition) is 0. The zero-order valence-electron chi connectivity index (χ0n) is 45.1. The standard InChI is InChI=1S/C78H46N2O4/c1-3-15-51(16-4-1)79(53-31-25-49(26-32-53)59-21-11-23-65-73-57-19-9-7-13-47(57)29-41-69(73)83-77(59)65)55-35-37-63-71(45-55)81-67-43-39-62-61(75(63)67)40-44-68-76(62)64-38-36-56(46-72(64)82-68)80(52-17-5-2-6-18-52)54-33-27-50(28-34-54)60-22-12-24-66-74-58-20-10-8-14-48(58)30-42-70(74)84-78(60)66/h1-46H. The van der Waals surface area contributed by atoms with E-state index in [1.165, 1.54) is 21.5 Å². The van der Waals surface area contributed by atoms with Gasteiger partial charge in [-0.2, -0.15) is 0 Å². The van der Waals surface area contributed by atoms with Gasteiger partial charge in [0, 0.05) is 100 Å². The second kappa shape index (κ2) is 18.1. The van der Waals surface area contributed by atoms with Gasteiger partial charge in [-0.05, 0) is 153 Å². The number of fused-ring (bicyclic) bond motifs is 19. The molecule has 18 rings (SSSR count). The van der Waals surface area contributed by atoms with Crippen LogP contribution < -0.4 is 9.80 Å². The van der Waals surface area contributed by atoms with Crippen molar-refractivity contribution in [2.45, 2.75) is 0 Å². The Kier molecular flexibility index (Phi) is 9.99. The van der Waals surface area contributed by atoms with Crippen LogP contribution in [0.1, 0.15) is 0 Å². The Hall–Kier alpha value is -11.3. The normalized spacial score (nSPS) is 12.0. The molecule has 6 heteroatoms. The van der Waals surface area contributed by atoms with E-state index in [-0.39, 0.29) is 0 Å². The third kappa shape index (κ3) is 7.04. The summed E-state index contributed by atoms with van der Waals surface area (Å²) in [6.07, 6.45) is 0. The summed E-state index contributed by atoms with van der Waals surface area (Å²) in [4.78, 5) is 4.58. The predicted octanol–water partition coefficient (Wildman–Crippen LogP) is 23.0. The van der Waals surface area contributed by atoms with Crippen molar-refractivity contribution in [3.8, 4) is 22.3 Å². The van der Waals surface area contributed by atoms with E-state index in [0.29, 0.717) is 0 Å². The first-order chi connectivity index (χ1) is 41.6. The fourth-order valence-electron chi connectivity index (χ4n) is 13.4. The van der Waals surface area contributed by atoms with Gasteiger partial charge in [-0.3, -0.25) is 0 Å². The largest absolute Gasteiger partial charge is 0.456 e. The molecular weight excluding hydrogens is 1030 g/mol. The maximum Gasteiger partial charge on any atom is 0.143 e. The van der Waals surface area contributed by atoms with Gasteiger partial charge in [0.1, 0.15) is 44.7 Å². The van der Waals surface area contributed by atoms with E-state index in [1.807, 2.05) is 0 Å². The van der Waals surface area contributed by atoms with Crippen LogP contribution >= 0.6 is 0 Å². The molecule has 0 saturated heterocycles. The van der Waals surface area contributed by atoms with Crippen LogP contribution in [0.3, 0.4) is 0 Å². The van der Waals surface area contributed by atoms with Gasteiger partial charge in [0.15, 0.2) is 0 Å². The number of nitrogens with zero attached hydrogens (tertiary/aromatic N) is 2. The lowest BCUT2D eigenvalue weighted by Gasteiger charge is -2.25. The average molecular weight is 1080 g/mol. The van der Waals surface area contributed by atoms with Crippen LogP contribution in [0.4, 0.5) is 34.1 Å². The second-order valence-electron chi connectivity index (χ2n) is 21.9. The minimum Gasteiger partial charge on any atom is -0.456 e. The lowest BCUT2D eigenvalue weighted by Crippen LogP contribution is -2.09. The molecule has 0 radical (unpaired) electrons. The van der Waals surface area contributed by atoms with Crippen LogP contribution in [0.15, 0.2) is 297 Å². The second-order valence-corrected chi connectivity index (χ2v) is 21.9. The zero-order chi connectivity index (χ0) is 55.0. The molecule has 0 N–H and O–H groups in total. The number of para-hydroxylation sites is 4. The Morgan fingerprint density at radius 3 is 1.00 bits per heavy atom. The van der Waals surface area contributed by atoms with E-state index < -0.39 is 0 Å². The molecule has 0 aliphatic heterocycles. The van der Waals surface area contributed by atoms with Crippen molar-refractivity contribution in [3.05, 3.63) is 279 Å². The molecule has 0 atom stereocenters. The lowest BCUT2D eigenvalue weighted by atomic mass is 9.99. The first-order valence-electron chi connectivity index (χ1n) is 28.5. The maximum absolute atomic E-state index is 6.81. The quantitative estimate of drug-likeness (QED) is 0.151. The molecule has 0 fully saturated rings. The van der Waals surface area contributed by atoms with Crippen molar-refractivity contribution in [1.82, 2.24) is 0 Å². The van der Waals surface area contributed by atoms with E-state index in [4.69, 9.17) is 17.7 Å². The summed E-state index contributed by atoms with van der Waals surface area (Å²) in [7, 11) is 0. The third-order valence-corrected chi connectivity index (χ3v) is 17.2. The number of hydrogen-bond acceptors (Lipinski definition) is 6. The summed E-state index contributed by atoms with van der Waals surface area (Å²) < 4.78 is 26.9. The minimum atomic E-state index is 0.813. The summed E-state index contributed by atoms with van der Waals surface area (Å²) in [5.74, 6) is 0. The molecule has 0 spiro atoms. The molecule has 0 saturated carbocycles. The molecule has 6 nitrogen and oxygen atoms in total. The molecule has 0 unspecified atom stereocenters. The van der Waals surface area contributed by atoms with E-state index in [0.717, 1.165) is 155 Å². The monoisotopic (exact) mass is 1070 g/mol. The average Bonchev–Trinajstić information content (AvgIpc) is 2.16. The minimum absolute atomic E-state index is 0.813. The Morgan fingerprint density at radius 1 is 0.202 bits per heavy atom. The first kappa shape index (κ1) is 46.4. The van der Waals surface area contributed by atoms with Crippen LogP contribution in [0.5, 0.6) is 0 Å². The molecule has 0 bridgehead atoms. The van der Waals surface area contributed by atoms with Crippen LogP contribution in [0.2, 0.25) is 0 Å². The summed E-state index contributed by atoms with van der Waals surface area (Å²) in [6, 6.07) is 98.8. The summed E-state index contributed by atoms with van der Waals surface area (Å²) >= 11 is 0. The molecule has 4 heterocycles. The molecule has 18 aromatic rings. The topological polar surface area (TPSA) is 59.0 Å².